The molecule has 0 amide bonds. The molecule has 27 heavy (non-hydrogen) atoms. The highest BCUT2D eigenvalue weighted by Gasteiger charge is 2.31. The van der Waals surface area contributed by atoms with Gasteiger partial charge >= 0.3 is 0 Å². The summed E-state index contributed by atoms with van der Waals surface area (Å²) in [7, 11) is 2.11. The lowest BCUT2D eigenvalue weighted by Gasteiger charge is -2.31. The number of aliphatic hydroxyl groups is 1. The second-order valence-corrected chi connectivity index (χ2v) is 7.46. The van der Waals surface area contributed by atoms with Gasteiger partial charge < -0.3 is 10.0 Å². The van der Waals surface area contributed by atoms with E-state index in [0.29, 0.717) is 11.4 Å². The maximum absolute atomic E-state index is 11.6. The molecule has 0 fully saturated rings. The fourth-order valence-electron chi connectivity index (χ4n) is 3.32. The summed E-state index contributed by atoms with van der Waals surface area (Å²) in [4.78, 5) is 2.27. The molecule has 0 aliphatic rings. The number of hydrogen-bond acceptors (Lipinski definition) is 2. The second-order valence-electron chi connectivity index (χ2n) is 7.02. The highest BCUT2D eigenvalue weighted by molar-refractivity contribution is 6.30. The first-order valence-electron chi connectivity index (χ1n) is 9.34. The Balaban J connectivity index is 1.71. The third kappa shape index (κ3) is 5.20. The summed E-state index contributed by atoms with van der Waals surface area (Å²) in [6.07, 6.45) is 1.62. The predicted molar refractivity (Wildman–Crippen MR) is 113 cm³/mol. The topological polar surface area (TPSA) is 23.5 Å². The molecule has 0 saturated carbocycles. The zero-order valence-electron chi connectivity index (χ0n) is 15.7. The number of likely N-dealkylation sites (N-methyl/N-ethyl adjacent to an activating group) is 1. The van der Waals surface area contributed by atoms with Crippen molar-refractivity contribution in [3.63, 3.8) is 0 Å². The SMILES string of the molecule is CN(CCc1ccccc1)CCC(O)(c1ccccc1)c1ccc(Cl)cc1. The Hall–Kier alpha value is -2.13. The van der Waals surface area contributed by atoms with Crippen molar-refractivity contribution >= 4 is 11.6 Å². The molecule has 3 aromatic rings. The Bertz CT molecular complexity index is 820. The smallest absolute Gasteiger partial charge is 0.116 e. The van der Waals surface area contributed by atoms with Crippen LogP contribution in [0.1, 0.15) is 23.1 Å². The Labute approximate surface area is 167 Å². The van der Waals surface area contributed by atoms with Gasteiger partial charge in [0.15, 0.2) is 0 Å². The van der Waals surface area contributed by atoms with Crippen LogP contribution in [0.3, 0.4) is 0 Å². The highest BCUT2D eigenvalue weighted by Crippen LogP contribution is 2.33. The lowest BCUT2D eigenvalue weighted by Crippen LogP contribution is -2.33. The number of nitrogens with zero attached hydrogens (tertiary/aromatic N) is 1. The molecule has 140 valence electrons. The molecule has 3 heteroatoms. The van der Waals surface area contributed by atoms with Gasteiger partial charge in [0, 0.05) is 18.1 Å². The molecule has 0 spiro atoms. The quantitative estimate of drug-likeness (QED) is 0.585. The van der Waals surface area contributed by atoms with Crippen LogP contribution in [0.15, 0.2) is 84.9 Å². The first-order chi connectivity index (χ1) is 13.1. The minimum atomic E-state index is -1.03. The van der Waals surface area contributed by atoms with Crippen LogP contribution < -0.4 is 0 Å². The van der Waals surface area contributed by atoms with Crippen LogP contribution in [0.5, 0.6) is 0 Å². The summed E-state index contributed by atoms with van der Waals surface area (Å²) >= 11 is 6.04. The van der Waals surface area contributed by atoms with Gasteiger partial charge in [-0.15, -0.1) is 0 Å². The van der Waals surface area contributed by atoms with Gasteiger partial charge in [-0.05, 0) is 48.7 Å². The highest BCUT2D eigenvalue weighted by atomic mass is 35.5. The van der Waals surface area contributed by atoms with E-state index >= 15 is 0 Å². The number of halogens is 1. The van der Waals surface area contributed by atoms with Crippen molar-refractivity contribution in [2.75, 3.05) is 20.1 Å². The van der Waals surface area contributed by atoms with E-state index in [9.17, 15) is 5.11 Å². The summed E-state index contributed by atoms with van der Waals surface area (Å²) in [5, 5.41) is 12.3. The fraction of sp³-hybridized carbons (Fsp3) is 0.250. The molecular formula is C24H26ClNO. The van der Waals surface area contributed by atoms with E-state index in [2.05, 4.69) is 36.2 Å². The molecule has 0 saturated heterocycles. The Morgan fingerprint density at radius 1 is 0.778 bits per heavy atom. The first kappa shape index (κ1) is 19.6. The summed E-state index contributed by atoms with van der Waals surface area (Å²) < 4.78 is 0. The molecule has 0 aliphatic heterocycles. The van der Waals surface area contributed by atoms with E-state index in [1.807, 2.05) is 60.7 Å². The van der Waals surface area contributed by atoms with Crippen molar-refractivity contribution in [1.29, 1.82) is 0 Å². The van der Waals surface area contributed by atoms with E-state index in [1.54, 1.807) is 0 Å². The van der Waals surface area contributed by atoms with Crippen LogP contribution in [-0.2, 0) is 12.0 Å². The molecule has 1 unspecified atom stereocenters. The standard InChI is InChI=1S/C24H26ClNO/c1-26(18-16-20-8-4-2-5-9-20)19-17-24(27,21-10-6-3-7-11-21)22-12-14-23(25)15-13-22/h2-15,27H,16-19H2,1H3. The van der Waals surface area contributed by atoms with Gasteiger partial charge in [0.2, 0.25) is 0 Å². The Morgan fingerprint density at radius 2 is 1.33 bits per heavy atom. The molecule has 0 bridgehead atoms. The van der Waals surface area contributed by atoms with Crippen LogP contribution in [0, 0.1) is 0 Å². The van der Waals surface area contributed by atoms with Gasteiger partial charge in [0.05, 0.1) is 0 Å². The van der Waals surface area contributed by atoms with E-state index in [1.165, 1.54) is 5.56 Å². The molecule has 0 aliphatic carbocycles. The molecule has 0 aromatic heterocycles. The molecule has 0 heterocycles. The summed E-state index contributed by atoms with van der Waals surface area (Å²) in [5.41, 5.74) is 2.08. The van der Waals surface area contributed by atoms with Gasteiger partial charge in [0.1, 0.15) is 5.60 Å². The minimum absolute atomic E-state index is 0.615. The number of rotatable bonds is 8. The maximum Gasteiger partial charge on any atom is 0.116 e. The molecular weight excluding hydrogens is 354 g/mol. The number of hydrogen-bond donors (Lipinski definition) is 1. The van der Waals surface area contributed by atoms with Crippen molar-refractivity contribution in [2.24, 2.45) is 0 Å². The molecule has 3 aromatic carbocycles. The summed E-state index contributed by atoms with van der Waals surface area (Å²) in [6, 6.07) is 27.9. The van der Waals surface area contributed by atoms with Crippen molar-refractivity contribution in [2.45, 2.75) is 18.4 Å². The Kier molecular flexibility index (Phi) is 6.68. The largest absolute Gasteiger partial charge is 0.380 e. The average Bonchev–Trinajstić information content (AvgIpc) is 2.72. The predicted octanol–water partition coefficient (Wildman–Crippen LogP) is 5.14. The van der Waals surface area contributed by atoms with Crippen LogP contribution in [0.2, 0.25) is 5.02 Å². The Morgan fingerprint density at radius 3 is 1.96 bits per heavy atom. The van der Waals surface area contributed by atoms with Gasteiger partial charge in [-0.3, -0.25) is 0 Å². The van der Waals surface area contributed by atoms with E-state index in [4.69, 9.17) is 11.6 Å². The molecule has 1 N–H and O–H groups in total. The molecule has 3 rings (SSSR count). The van der Waals surface area contributed by atoms with Crippen molar-refractivity contribution < 1.29 is 5.11 Å². The van der Waals surface area contributed by atoms with Crippen LogP contribution in [-0.4, -0.2) is 30.1 Å². The van der Waals surface area contributed by atoms with Crippen LogP contribution >= 0.6 is 11.6 Å². The summed E-state index contributed by atoms with van der Waals surface area (Å²) in [5.74, 6) is 0. The van der Waals surface area contributed by atoms with E-state index in [0.717, 1.165) is 30.6 Å². The lowest BCUT2D eigenvalue weighted by molar-refractivity contribution is 0.0606. The summed E-state index contributed by atoms with van der Waals surface area (Å²) in [6.45, 7) is 1.75. The van der Waals surface area contributed by atoms with Crippen molar-refractivity contribution in [1.82, 2.24) is 4.90 Å². The van der Waals surface area contributed by atoms with Gasteiger partial charge in [-0.1, -0.05) is 84.4 Å². The lowest BCUT2D eigenvalue weighted by atomic mass is 9.83. The zero-order chi connectivity index (χ0) is 19.1. The van der Waals surface area contributed by atoms with E-state index in [-0.39, 0.29) is 0 Å². The van der Waals surface area contributed by atoms with Crippen LogP contribution in [0.4, 0.5) is 0 Å². The monoisotopic (exact) mass is 379 g/mol. The number of benzene rings is 3. The van der Waals surface area contributed by atoms with Crippen molar-refractivity contribution in [3.8, 4) is 0 Å². The van der Waals surface area contributed by atoms with E-state index < -0.39 is 5.60 Å². The minimum Gasteiger partial charge on any atom is -0.380 e. The molecule has 1 atom stereocenters. The van der Waals surface area contributed by atoms with Crippen LogP contribution in [0.25, 0.3) is 0 Å². The first-order valence-corrected chi connectivity index (χ1v) is 9.72. The third-order valence-electron chi connectivity index (χ3n) is 5.05. The van der Waals surface area contributed by atoms with Gasteiger partial charge in [-0.2, -0.15) is 0 Å². The van der Waals surface area contributed by atoms with Gasteiger partial charge in [0.25, 0.3) is 0 Å². The molecule has 0 radical (unpaired) electrons. The third-order valence-corrected chi connectivity index (χ3v) is 5.31. The maximum atomic E-state index is 11.6. The zero-order valence-corrected chi connectivity index (χ0v) is 16.4. The normalized spacial score (nSPS) is 13.5. The van der Waals surface area contributed by atoms with Crippen molar-refractivity contribution in [3.05, 3.63) is 107 Å². The fourth-order valence-corrected chi connectivity index (χ4v) is 3.45. The molecule has 2 nitrogen and oxygen atoms in total. The average molecular weight is 380 g/mol. The van der Waals surface area contributed by atoms with Gasteiger partial charge in [-0.25, -0.2) is 0 Å². The second kappa shape index (κ2) is 9.18.